The van der Waals surface area contributed by atoms with E-state index in [1.54, 1.807) is 18.3 Å². The lowest BCUT2D eigenvalue weighted by atomic mass is 10.1. The van der Waals surface area contributed by atoms with E-state index in [0.717, 1.165) is 11.1 Å². The van der Waals surface area contributed by atoms with Crippen LogP contribution >= 0.6 is 0 Å². The topological polar surface area (TPSA) is 77.8 Å². The van der Waals surface area contributed by atoms with Gasteiger partial charge in [-0.3, -0.25) is 4.98 Å². The Kier molecular flexibility index (Phi) is 3.70. The maximum atomic E-state index is 13.1. The van der Waals surface area contributed by atoms with Crippen molar-refractivity contribution in [1.82, 2.24) is 15.1 Å². The normalized spacial score (nSPS) is 10.8. The Hall–Kier alpha value is -2.60. The molecule has 1 aromatic carbocycles. The van der Waals surface area contributed by atoms with Crippen LogP contribution in [0.3, 0.4) is 0 Å². The molecule has 0 saturated heterocycles. The molecule has 0 aliphatic carbocycles. The third-order valence-corrected chi connectivity index (χ3v) is 3.00. The van der Waals surface area contributed by atoms with E-state index in [0.29, 0.717) is 30.4 Å². The number of halogens is 1. The summed E-state index contributed by atoms with van der Waals surface area (Å²) in [5, 5.41) is 3.89. The van der Waals surface area contributed by atoms with Crippen molar-refractivity contribution in [3.8, 4) is 11.6 Å². The number of hydrogen-bond donors (Lipinski definition) is 1. The van der Waals surface area contributed by atoms with E-state index in [1.807, 2.05) is 12.1 Å². The number of aromatic nitrogens is 3. The summed E-state index contributed by atoms with van der Waals surface area (Å²) in [6.45, 7) is 0.432. The molecule has 0 unspecified atom stereocenters. The monoisotopic (exact) mass is 284 g/mol. The predicted molar refractivity (Wildman–Crippen MR) is 74.6 cm³/mol. The fraction of sp³-hybridized carbons (Fsp3) is 0.133. The van der Waals surface area contributed by atoms with Crippen LogP contribution in [0, 0.1) is 5.82 Å². The van der Waals surface area contributed by atoms with Crippen molar-refractivity contribution in [2.24, 2.45) is 5.73 Å². The highest BCUT2D eigenvalue weighted by atomic mass is 19.1. The highest BCUT2D eigenvalue weighted by molar-refractivity contribution is 5.46. The fourth-order valence-corrected chi connectivity index (χ4v) is 1.93. The van der Waals surface area contributed by atoms with Crippen LogP contribution in [0.25, 0.3) is 11.6 Å². The van der Waals surface area contributed by atoms with E-state index in [1.165, 1.54) is 12.1 Å². The predicted octanol–water partition coefficient (Wildman–Crippen LogP) is 2.32. The number of benzene rings is 1. The van der Waals surface area contributed by atoms with E-state index >= 15 is 0 Å². The van der Waals surface area contributed by atoms with Crippen molar-refractivity contribution >= 4 is 0 Å². The molecule has 21 heavy (non-hydrogen) atoms. The maximum Gasteiger partial charge on any atom is 0.276 e. The zero-order valence-electron chi connectivity index (χ0n) is 11.2. The van der Waals surface area contributed by atoms with E-state index in [2.05, 4.69) is 15.1 Å². The largest absolute Gasteiger partial charge is 0.332 e. The Morgan fingerprint density at radius 2 is 2.05 bits per heavy atom. The number of nitrogens with two attached hydrogens (primary N) is 1. The summed E-state index contributed by atoms with van der Waals surface area (Å²) < 4.78 is 18.3. The van der Waals surface area contributed by atoms with Gasteiger partial charge in [0, 0.05) is 19.2 Å². The molecule has 0 aliphatic heterocycles. The molecular weight excluding hydrogens is 271 g/mol. The molecule has 0 amide bonds. The second-order valence-electron chi connectivity index (χ2n) is 4.58. The fourth-order valence-electron chi connectivity index (χ4n) is 1.93. The Balaban J connectivity index is 1.79. The summed E-state index contributed by atoms with van der Waals surface area (Å²) in [5.41, 5.74) is 7.82. The maximum absolute atomic E-state index is 13.1. The lowest BCUT2D eigenvalue weighted by Crippen LogP contribution is -1.97. The molecular formula is C15H13FN4O. The third-order valence-electron chi connectivity index (χ3n) is 3.00. The van der Waals surface area contributed by atoms with Crippen LogP contribution < -0.4 is 5.73 Å². The lowest BCUT2D eigenvalue weighted by Gasteiger charge is -1.97. The van der Waals surface area contributed by atoms with Crippen LogP contribution in [0.1, 0.15) is 17.0 Å². The summed E-state index contributed by atoms with van der Waals surface area (Å²) >= 11 is 0. The highest BCUT2D eigenvalue weighted by Gasteiger charge is 2.10. The molecule has 0 fully saturated rings. The van der Waals surface area contributed by atoms with Gasteiger partial charge < -0.3 is 10.3 Å². The van der Waals surface area contributed by atoms with E-state index in [9.17, 15) is 4.39 Å². The SMILES string of the molecule is NCc1ccc(-c2nc(Cc3cccc(F)c3)no2)nc1. The quantitative estimate of drug-likeness (QED) is 0.795. The van der Waals surface area contributed by atoms with E-state index in [-0.39, 0.29) is 5.82 Å². The van der Waals surface area contributed by atoms with Crippen LogP contribution in [0.4, 0.5) is 4.39 Å². The Morgan fingerprint density at radius 1 is 1.14 bits per heavy atom. The zero-order chi connectivity index (χ0) is 14.7. The van der Waals surface area contributed by atoms with Crippen LogP contribution in [0.15, 0.2) is 47.1 Å². The average molecular weight is 284 g/mol. The molecule has 0 saturated carbocycles. The van der Waals surface area contributed by atoms with Gasteiger partial charge in [-0.05, 0) is 29.3 Å². The first-order valence-electron chi connectivity index (χ1n) is 6.47. The van der Waals surface area contributed by atoms with Gasteiger partial charge >= 0.3 is 0 Å². The molecule has 0 radical (unpaired) electrons. The summed E-state index contributed by atoms with van der Waals surface area (Å²) in [6, 6.07) is 9.95. The first-order valence-corrected chi connectivity index (χ1v) is 6.47. The van der Waals surface area contributed by atoms with Crippen LogP contribution in [-0.4, -0.2) is 15.1 Å². The summed E-state index contributed by atoms with van der Waals surface area (Å²) in [4.78, 5) is 8.48. The van der Waals surface area contributed by atoms with Gasteiger partial charge in [0.2, 0.25) is 0 Å². The van der Waals surface area contributed by atoms with Crippen molar-refractivity contribution in [3.63, 3.8) is 0 Å². The first-order chi connectivity index (χ1) is 10.2. The Morgan fingerprint density at radius 3 is 2.76 bits per heavy atom. The van der Waals surface area contributed by atoms with Gasteiger partial charge in [-0.25, -0.2) is 4.39 Å². The summed E-state index contributed by atoms with van der Waals surface area (Å²) in [6.07, 6.45) is 2.08. The van der Waals surface area contributed by atoms with E-state index < -0.39 is 0 Å². The smallest absolute Gasteiger partial charge is 0.276 e. The number of rotatable bonds is 4. The van der Waals surface area contributed by atoms with E-state index in [4.69, 9.17) is 10.3 Å². The minimum absolute atomic E-state index is 0.282. The minimum Gasteiger partial charge on any atom is -0.332 e. The second kappa shape index (κ2) is 5.80. The number of hydrogen-bond acceptors (Lipinski definition) is 5. The van der Waals surface area contributed by atoms with Crippen LogP contribution in [0.2, 0.25) is 0 Å². The highest BCUT2D eigenvalue weighted by Crippen LogP contribution is 2.16. The molecule has 106 valence electrons. The molecule has 3 aromatic rings. The minimum atomic E-state index is -0.282. The van der Waals surface area contributed by atoms with Crippen molar-refractivity contribution in [2.45, 2.75) is 13.0 Å². The zero-order valence-corrected chi connectivity index (χ0v) is 11.2. The molecule has 2 aromatic heterocycles. The molecule has 0 aliphatic rings. The molecule has 0 bridgehead atoms. The molecule has 2 N–H and O–H groups in total. The molecule has 3 rings (SSSR count). The summed E-state index contributed by atoms with van der Waals surface area (Å²) in [5.74, 6) is 0.542. The molecule has 0 spiro atoms. The van der Waals surface area contributed by atoms with Crippen LogP contribution in [-0.2, 0) is 13.0 Å². The van der Waals surface area contributed by atoms with Gasteiger partial charge in [-0.2, -0.15) is 4.98 Å². The van der Waals surface area contributed by atoms with Crippen molar-refractivity contribution in [1.29, 1.82) is 0 Å². The van der Waals surface area contributed by atoms with Crippen LogP contribution in [0.5, 0.6) is 0 Å². The molecule has 5 nitrogen and oxygen atoms in total. The van der Waals surface area contributed by atoms with Gasteiger partial charge in [0.25, 0.3) is 5.89 Å². The van der Waals surface area contributed by atoms with Gasteiger partial charge in [0.05, 0.1) is 0 Å². The first kappa shape index (κ1) is 13.4. The van der Waals surface area contributed by atoms with Crippen molar-refractivity contribution < 1.29 is 8.91 Å². The second-order valence-corrected chi connectivity index (χ2v) is 4.58. The average Bonchev–Trinajstić information content (AvgIpc) is 2.96. The number of pyridine rings is 1. The molecule has 2 heterocycles. The Bertz CT molecular complexity index is 739. The standard InChI is InChI=1S/C15H13FN4O/c16-12-3-1-2-10(6-12)7-14-19-15(21-20-14)13-5-4-11(8-17)9-18-13/h1-6,9H,7-8,17H2. The molecule has 6 heteroatoms. The van der Waals surface area contributed by atoms with Gasteiger partial charge in [-0.15, -0.1) is 0 Å². The third kappa shape index (κ3) is 3.11. The number of nitrogens with zero attached hydrogens (tertiary/aromatic N) is 3. The van der Waals surface area contributed by atoms with Gasteiger partial charge in [-0.1, -0.05) is 23.4 Å². The summed E-state index contributed by atoms with van der Waals surface area (Å²) in [7, 11) is 0. The van der Waals surface area contributed by atoms with Gasteiger partial charge in [0.15, 0.2) is 5.82 Å². The van der Waals surface area contributed by atoms with Crippen molar-refractivity contribution in [3.05, 3.63) is 65.4 Å². The molecule has 0 atom stereocenters. The lowest BCUT2D eigenvalue weighted by molar-refractivity contribution is 0.422. The van der Waals surface area contributed by atoms with Gasteiger partial charge in [0.1, 0.15) is 11.5 Å². The van der Waals surface area contributed by atoms with Crippen molar-refractivity contribution in [2.75, 3.05) is 0 Å². The Labute approximate surface area is 120 Å².